The summed E-state index contributed by atoms with van der Waals surface area (Å²) in [5, 5.41) is 9.74. The normalized spacial score (nSPS) is 13.5. The van der Waals surface area contributed by atoms with Crippen molar-refractivity contribution < 1.29 is 42.9 Å². The van der Waals surface area contributed by atoms with E-state index in [0.717, 1.165) is 109 Å². The van der Waals surface area contributed by atoms with Gasteiger partial charge in [-0.15, -0.1) is 0 Å². The summed E-state index contributed by atoms with van der Waals surface area (Å²) in [6.45, 7) is 4.75. The summed E-state index contributed by atoms with van der Waals surface area (Å²) in [5.41, 5.74) is 0. The Hall–Kier alpha value is -4.31. The summed E-state index contributed by atoms with van der Waals surface area (Å²) in [5.74, 6) is -2.04. The van der Waals surface area contributed by atoms with E-state index in [0.29, 0.717) is 23.9 Å². The molecule has 0 aromatic rings. The van der Waals surface area contributed by atoms with Crippen LogP contribution in [0.15, 0.2) is 122 Å². The number of hydrogen-bond acceptors (Lipinski definition) is 7. The van der Waals surface area contributed by atoms with Gasteiger partial charge in [-0.25, -0.2) is 4.79 Å². The van der Waals surface area contributed by atoms with Crippen LogP contribution in [0.1, 0.15) is 277 Å². The lowest BCUT2D eigenvalue weighted by Crippen LogP contribution is -2.40. The Morgan fingerprint density at radius 1 is 0.369 bits per heavy atom. The Labute approximate surface area is 517 Å². The lowest BCUT2D eigenvalue weighted by Gasteiger charge is -2.25. The summed E-state index contributed by atoms with van der Waals surface area (Å²) in [7, 11) is 5.96. The fraction of sp³-hybridized carbons (Fsp3) is 0.693. The standard InChI is InChI=1S/C75H127NO8/c1-6-8-10-12-14-16-18-20-22-24-26-28-30-32-33-34-35-36-37-38-39-40-41-42-44-46-48-50-52-54-56-58-60-62-64-66-73(78)84-71(70-83-75(74(79)80)81-68-67-76(3,4)5)69-82-72(77)65-63-61-59-57-55-53-51-49-47-45-43-31-29-27-25-23-21-19-17-15-13-11-9-7-2/h8,10,14,16,20,22,26,28,32-33,35-36,38-39,41-42,46,48,52,54,71,75H,6-7,9,11-13,15,17-19,21,23-25,27,29-31,34,37,40,43-45,47,49-51,53,55-70H2,1-5H3/p+1/b10-8-,16-14-,22-20-,28-26-,33-32-,36-35-,39-38-,42-41-,48-46-,54-52-. The highest BCUT2D eigenvalue weighted by Crippen LogP contribution is 2.17. The molecule has 9 nitrogen and oxygen atoms in total. The second-order valence-corrected chi connectivity index (χ2v) is 23.8. The van der Waals surface area contributed by atoms with Gasteiger partial charge in [-0.2, -0.15) is 0 Å². The summed E-state index contributed by atoms with van der Waals surface area (Å²) in [6, 6.07) is 0. The average Bonchev–Trinajstić information content (AvgIpc) is 3.55. The number of carbonyl (C=O) groups excluding carboxylic acids is 2. The van der Waals surface area contributed by atoms with Gasteiger partial charge in [0.15, 0.2) is 6.10 Å². The molecule has 2 atom stereocenters. The van der Waals surface area contributed by atoms with Crippen molar-refractivity contribution >= 4 is 17.9 Å². The van der Waals surface area contributed by atoms with Crippen LogP contribution in [0.3, 0.4) is 0 Å². The Kier molecular flexibility index (Phi) is 61.4. The van der Waals surface area contributed by atoms with Gasteiger partial charge in [-0.3, -0.25) is 9.59 Å². The number of carboxylic acids is 1. The van der Waals surface area contributed by atoms with Crippen molar-refractivity contribution in [2.24, 2.45) is 0 Å². The Balaban J connectivity index is 4.24. The van der Waals surface area contributed by atoms with Gasteiger partial charge in [0, 0.05) is 12.8 Å². The topological polar surface area (TPSA) is 108 Å². The third-order valence-electron chi connectivity index (χ3n) is 14.5. The van der Waals surface area contributed by atoms with Crippen LogP contribution in [0, 0.1) is 0 Å². The summed E-state index contributed by atoms with van der Waals surface area (Å²) in [6.07, 6.45) is 88.7. The largest absolute Gasteiger partial charge is 0.477 e. The molecule has 1 N–H and O–H groups in total. The SMILES string of the molecule is CC/C=C\C/C=C\C/C=C\C/C=C\C/C=C\C/C=C\C/C=C\C/C=C\C/C=C\C/C=C\CCCCCCC(=O)OC(COC(=O)CCCCCCCCCCCCCCCCCCCCCCCCCC)COC(OCC[N+](C)(C)C)C(=O)O. The molecule has 0 saturated carbocycles. The minimum absolute atomic E-state index is 0.178. The quantitative estimate of drug-likeness (QED) is 0.0211. The van der Waals surface area contributed by atoms with E-state index in [1.54, 1.807) is 0 Å². The van der Waals surface area contributed by atoms with Crippen LogP contribution >= 0.6 is 0 Å². The third kappa shape index (κ3) is 65.2. The minimum atomic E-state index is -1.52. The van der Waals surface area contributed by atoms with Crippen LogP contribution in [0.25, 0.3) is 0 Å². The van der Waals surface area contributed by atoms with E-state index in [1.807, 2.05) is 21.1 Å². The van der Waals surface area contributed by atoms with Gasteiger partial charge in [0.05, 0.1) is 34.4 Å². The number of aliphatic carboxylic acids is 1. The zero-order valence-corrected chi connectivity index (χ0v) is 54.8. The van der Waals surface area contributed by atoms with E-state index in [9.17, 15) is 19.5 Å². The van der Waals surface area contributed by atoms with Crippen molar-refractivity contribution in [1.82, 2.24) is 0 Å². The first kappa shape index (κ1) is 79.7. The fourth-order valence-electron chi connectivity index (χ4n) is 9.28. The molecule has 0 aromatic heterocycles. The van der Waals surface area contributed by atoms with E-state index in [1.165, 1.54) is 135 Å². The number of carboxylic acid groups (broad SMARTS) is 1. The number of esters is 2. The number of likely N-dealkylation sites (N-methyl/N-ethyl adjacent to an activating group) is 1. The Morgan fingerprint density at radius 2 is 0.679 bits per heavy atom. The second kappa shape index (κ2) is 64.7. The van der Waals surface area contributed by atoms with Crippen molar-refractivity contribution in [2.75, 3.05) is 47.5 Å². The molecule has 2 unspecified atom stereocenters. The molecule has 0 spiro atoms. The molecule has 9 heteroatoms. The maximum atomic E-state index is 12.9. The minimum Gasteiger partial charge on any atom is -0.477 e. The van der Waals surface area contributed by atoms with Crippen molar-refractivity contribution in [2.45, 2.75) is 289 Å². The highest BCUT2D eigenvalue weighted by Gasteiger charge is 2.25. The first-order chi connectivity index (χ1) is 41.1. The number of carbonyl (C=O) groups is 3. The van der Waals surface area contributed by atoms with Gasteiger partial charge >= 0.3 is 17.9 Å². The van der Waals surface area contributed by atoms with Crippen LogP contribution in [0.2, 0.25) is 0 Å². The number of rotatable bonds is 62. The molecule has 0 saturated heterocycles. The van der Waals surface area contributed by atoms with Crippen LogP contribution in [0.4, 0.5) is 0 Å². The summed E-state index contributed by atoms with van der Waals surface area (Å²) < 4.78 is 22.9. The highest BCUT2D eigenvalue weighted by atomic mass is 16.7. The highest BCUT2D eigenvalue weighted by molar-refractivity contribution is 5.71. The van der Waals surface area contributed by atoms with E-state index in [-0.39, 0.29) is 32.2 Å². The Morgan fingerprint density at radius 3 is 1.01 bits per heavy atom. The molecule has 0 aromatic carbocycles. The Bertz CT molecular complexity index is 1790. The number of unbranched alkanes of at least 4 members (excludes halogenated alkanes) is 27. The number of ether oxygens (including phenoxy) is 4. The van der Waals surface area contributed by atoms with Crippen molar-refractivity contribution in [3.63, 3.8) is 0 Å². The van der Waals surface area contributed by atoms with E-state index < -0.39 is 24.3 Å². The van der Waals surface area contributed by atoms with Crippen LogP contribution in [-0.4, -0.2) is 87.4 Å². The smallest absolute Gasteiger partial charge is 0.361 e. The van der Waals surface area contributed by atoms with Gasteiger partial charge in [0.25, 0.3) is 6.29 Å². The zero-order chi connectivity index (χ0) is 61.2. The first-order valence-corrected chi connectivity index (χ1v) is 34.2. The monoisotopic (exact) mass is 1170 g/mol. The molecule has 0 heterocycles. The van der Waals surface area contributed by atoms with Gasteiger partial charge in [-0.05, 0) is 89.9 Å². The lowest BCUT2D eigenvalue weighted by atomic mass is 10.0. The first-order valence-electron chi connectivity index (χ1n) is 34.2. The summed E-state index contributed by atoms with van der Waals surface area (Å²) in [4.78, 5) is 37.6. The van der Waals surface area contributed by atoms with Crippen molar-refractivity contribution in [3.8, 4) is 0 Å². The molecule has 0 amide bonds. The van der Waals surface area contributed by atoms with Gasteiger partial charge in [0.1, 0.15) is 13.2 Å². The number of nitrogens with zero attached hydrogens (tertiary/aromatic N) is 1. The molecule has 0 aliphatic heterocycles. The molecule has 0 radical (unpaired) electrons. The van der Waals surface area contributed by atoms with Crippen LogP contribution in [0.5, 0.6) is 0 Å². The number of quaternary nitrogens is 1. The molecule has 0 aliphatic rings. The molecule has 84 heavy (non-hydrogen) atoms. The summed E-state index contributed by atoms with van der Waals surface area (Å²) >= 11 is 0. The zero-order valence-electron chi connectivity index (χ0n) is 54.8. The van der Waals surface area contributed by atoms with E-state index >= 15 is 0 Å². The predicted molar refractivity (Wildman–Crippen MR) is 359 cm³/mol. The lowest BCUT2D eigenvalue weighted by molar-refractivity contribution is -0.870. The van der Waals surface area contributed by atoms with Gasteiger partial charge < -0.3 is 28.5 Å². The molecular formula is C75H128NO8+. The molecular weight excluding hydrogens is 1040 g/mol. The number of hydrogen-bond donors (Lipinski definition) is 1. The van der Waals surface area contributed by atoms with E-state index in [2.05, 4.69) is 135 Å². The van der Waals surface area contributed by atoms with Crippen LogP contribution in [-0.2, 0) is 33.3 Å². The van der Waals surface area contributed by atoms with E-state index in [4.69, 9.17) is 18.9 Å². The third-order valence-corrected chi connectivity index (χ3v) is 14.5. The molecule has 0 rings (SSSR count). The molecule has 0 aliphatic carbocycles. The second-order valence-electron chi connectivity index (χ2n) is 23.8. The fourth-order valence-corrected chi connectivity index (χ4v) is 9.28. The van der Waals surface area contributed by atoms with Crippen molar-refractivity contribution in [1.29, 1.82) is 0 Å². The van der Waals surface area contributed by atoms with Gasteiger partial charge in [-0.1, -0.05) is 296 Å². The molecule has 0 fully saturated rings. The van der Waals surface area contributed by atoms with Crippen LogP contribution < -0.4 is 0 Å². The maximum absolute atomic E-state index is 12.9. The van der Waals surface area contributed by atoms with Gasteiger partial charge in [0.2, 0.25) is 0 Å². The molecule has 0 bridgehead atoms. The molecule has 480 valence electrons. The average molecular weight is 1170 g/mol. The van der Waals surface area contributed by atoms with Crippen molar-refractivity contribution in [3.05, 3.63) is 122 Å². The maximum Gasteiger partial charge on any atom is 0.361 e. The number of allylic oxidation sites excluding steroid dienone is 20. The predicted octanol–water partition coefficient (Wildman–Crippen LogP) is 21.2.